The molecular weight excluding hydrogens is 318 g/mol. The molecule has 1 heterocycles. The van der Waals surface area contributed by atoms with Gasteiger partial charge in [-0.05, 0) is 18.1 Å². The van der Waals surface area contributed by atoms with Crippen LogP contribution in [0.25, 0.3) is 0 Å². The molecule has 1 saturated heterocycles. The van der Waals surface area contributed by atoms with Gasteiger partial charge < -0.3 is 19.9 Å². The SMILES string of the molecule is CC[C@@H](C)[C@H](NC(=O)C[NH+]1CCN(c2ccccc2)CC1)C(=O)OC. The van der Waals surface area contributed by atoms with Crippen LogP contribution in [0.2, 0.25) is 0 Å². The summed E-state index contributed by atoms with van der Waals surface area (Å²) in [6.45, 7) is 8.03. The van der Waals surface area contributed by atoms with Gasteiger partial charge in [-0.3, -0.25) is 4.79 Å². The lowest BCUT2D eigenvalue weighted by Gasteiger charge is -2.33. The van der Waals surface area contributed by atoms with Crippen molar-refractivity contribution in [1.29, 1.82) is 0 Å². The minimum atomic E-state index is -0.562. The molecule has 1 aromatic rings. The second-order valence-corrected chi connectivity index (χ2v) is 6.70. The minimum absolute atomic E-state index is 0.0568. The summed E-state index contributed by atoms with van der Waals surface area (Å²) in [6.07, 6.45) is 0.808. The Balaban J connectivity index is 1.82. The molecule has 0 aromatic heterocycles. The Labute approximate surface area is 150 Å². The van der Waals surface area contributed by atoms with Gasteiger partial charge in [-0.25, -0.2) is 4.79 Å². The fourth-order valence-corrected chi connectivity index (χ4v) is 3.14. The highest BCUT2D eigenvalue weighted by Gasteiger charge is 2.29. The highest BCUT2D eigenvalue weighted by molar-refractivity contribution is 5.85. The van der Waals surface area contributed by atoms with Crippen molar-refractivity contribution in [2.75, 3.05) is 44.7 Å². The minimum Gasteiger partial charge on any atom is -0.467 e. The molecule has 0 bridgehead atoms. The number of ether oxygens (including phenoxy) is 1. The summed E-state index contributed by atoms with van der Waals surface area (Å²) < 4.78 is 4.82. The van der Waals surface area contributed by atoms with E-state index in [0.29, 0.717) is 6.54 Å². The van der Waals surface area contributed by atoms with Crippen molar-refractivity contribution >= 4 is 17.6 Å². The molecule has 0 spiro atoms. The average molecular weight is 348 g/mol. The number of benzene rings is 1. The third kappa shape index (κ3) is 5.46. The molecule has 25 heavy (non-hydrogen) atoms. The average Bonchev–Trinajstić information content (AvgIpc) is 2.66. The smallest absolute Gasteiger partial charge is 0.328 e. The van der Waals surface area contributed by atoms with Crippen LogP contribution in [0.1, 0.15) is 20.3 Å². The first-order valence-corrected chi connectivity index (χ1v) is 9.05. The van der Waals surface area contributed by atoms with E-state index in [9.17, 15) is 9.59 Å². The Hall–Kier alpha value is -2.08. The number of carbonyl (C=O) groups is 2. The fourth-order valence-electron chi connectivity index (χ4n) is 3.14. The van der Waals surface area contributed by atoms with Crippen LogP contribution in [0.3, 0.4) is 0 Å². The van der Waals surface area contributed by atoms with Crippen LogP contribution in [-0.4, -0.2) is 57.8 Å². The molecule has 6 nitrogen and oxygen atoms in total. The molecule has 1 aromatic carbocycles. The number of carbonyl (C=O) groups excluding carboxylic acids is 2. The number of hydrogen-bond donors (Lipinski definition) is 2. The number of methoxy groups -OCH3 is 1. The van der Waals surface area contributed by atoms with Gasteiger partial charge in [-0.15, -0.1) is 0 Å². The Morgan fingerprint density at radius 1 is 1.24 bits per heavy atom. The number of piperazine rings is 1. The van der Waals surface area contributed by atoms with Gasteiger partial charge in [-0.1, -0.05) is 38.5 Å². The maximum Gasteiger partial charge on any atom is 0.328 e. The van der Waals surface area contributed by atoms with E-state index in [1.165, 1.54) is 17.7 Å². The monoisotopic (exact) mass is 348 g/mol. The lowest BCUT2D eigenvalue weighted by atomic mass is 9.99. The zero-order valence-electron chi connectivity index (χ0n) is 15.5. The lowest BCUT2D eigenvalue weighted by Crippen LogP contribution is -3.16. The first-order chi connectivity index (χ1) is 12.0. The fraction of sp³-hybridized carbons (Fsp3) is 0.579. The van der Waals surface area contributed by atoms with Crippen LogP contribution in [0, 0.1) is 5.92 Å². The van der Waals surface area contributed by atoms with Gasteiger partial charge >= 0.3 is 5.97 Å². The molecule has 1 amide bonds. The topological polar surface area (TPSA) is 63.1 Å². The Kier molecular flexibility index (Phi) is 7.25. The molecule has 138 valence electrons. The summed E-state index contributed by atoms with van der Waals surface area (Å²) in [4.78, 5) is 27.8. The third-order valence-corrected chi connectivity index (χ3v) is 4.99. The number of para-hydroxylation sites is 1. The van der Waals surface area contributed by atoms with E-state index in [2.05, 4.69) is 22.3 Å². The van der Waals surface area contributed by atoms with Gasteiger partial charge in [0.25, 0.3) is 5.91 Å². The van der Waals surface area contributed by atoms with Crippen LogP contribution >= 0.6 is 0 Å². The highest BCUT2D eigenvalue weighted by atomic mass is 16.5. The predicted molar refractivity (Wildman–Crippen MR) is 97.6 cm³/mol. The molecule has 6 heteroatoms. The quantitative estimate of drug-likeness (QED) is 0.686. The molecule has 0 aliphatic carbocycles. The van der Waals surface area contributed by atoms with Gasteiger partial charge in [0.15, 0.2) is 6.54 Å². The first-order valence-electron chi connectivity index (χ1n) is 9.05. The number of quaternary nitrogens is 1. The summed E-state index contributed by atoms with van der Waals surface area (Å²) in [5, 5.41) is 2.86. The van der Waals surface area contributed by atoms with E-state index >= 15 is 0 Å². The maximum atomic E-state index is 12.4. The van der Waals surface area contributed by atoms with Crippen molar-refractivity contribution in [3.05, 3.63) is 30.3 Å². The van der Waals surface area contributed by atoms with Crippen molar-refractivity contribution in [2.45, 2.75) is 26.3 Å². The molecule has 0 unspecified atom stereocenters. The Morgan fingerprint density at radius 2 is 1.88 bits per heavy atom. The number of esters is 1. The number of nitrogens with one attached hydrogen (secondary N) is 2. The number of rotatable bonds is 7. The normalized spacial score (nSPS) is 17.6. The summed E-state index contributed by atoms with van der Waals surface area (Å²) in [6, 6.07) is 9.78. The number of nitrogens with zero attached hydrogens (tertiary/aromatic N) is 1. The Morgan fingerprint density at radius 3 is 2.44 bits per heavy atom. The van der Waals surface area contributed by atoms with Gasteiger partial charge in [-0.2, -0.15) is 0 Å². The van der Waals surface area contributed by atoms with Gasteiger partial charge in [0.2, 0.25) is 0 Å². The molecule has 2 atom stereocenters. The highest BCUT2D eigenvalue weighted by Crippen LogP contribution is 2.12. The molecular formula is C19H30N3O3+. The summed E-state index contributed by atoms with van der Waals surface area (Å²) >= 11 is 0. The van der Waals surface area contributed by atoms with E-state index < -0.39 is 6.04 Å². The first kappa shape index (κ1) is 19.2. The summed E-state index contributed by atoms with van der Waals surface area (Å²) in [5.41, 5.74) is 1.23. The molecule has 0 radical (unpaired) electrons. The standard InChI is InChI=1S/C19H29N3O3/c1-4-15(2)18(19(24)25-3)20-17(23)14-21-10-12-22(13-11-21)16-8-6-5-7-9-16/h5-9,15,18H,4,10-14H2,1-3H3,(H,20,23)/p+1/t15-,18+/m1/s1. The number of amides is 1. The Bertz CT molecular complexity index is 556. The third-order valence-electron chi connectivity index (χ3n) is 4.99. The van der Waals surface area contributed by atoms with Crippen LogP contribution in [0.4, 0.5) is 5.69 Å². The molecule has 1 fully saturated rings. The lowest BCUT2D eigenvalue weighted by molar-refractivity contribution is -0.892. The van der Waals surface area contributed by atoms with Crippen LogP contribution in [0.15, 0.2) is 30.3 Å². The van der Waals surface area contributed by atoms with Crippen LogP contribution in [0.5, 0.6) is 0 Å². The van der Waals surface area contributed by atoms with Crippen molar-refractivity contribution in [3.8, 4) is 0 Å². The second kappa shape index (κ2) is 9.42. The predicted octanol–water partition coefficient (Wildman–Crippen LogP) is 0.0954. The summed E-state index contributed by atoms with van der Waals surface area (Å²) in [7, 11) is 1.36. The van der Waals surface area contributed by atoms with Gasteiger partial charge in [0, 0.05) is 5.69 Å². The van der Waals surface area contributed by atoms with Crippen molar-refractivity contribution in [3.63, 3.8) is 0 Å². The zero-order valence-corrected chi connectivity index (χ0v) is 15.5. The van der Waals surface area contributed by atoms with Gasteiger partial charge in [0.1, 0.15) is 6.04 Å². The zero-order chi connectivity index (χ0) is 18.2. The van der Waals surface area contributed by atoms with Crippen molar-refractivity contribution in [1.82, 2.24) is 5.32 Å². The van der Waals surface area contributed by atoms with E-state index in [0.717, 1.165) is 32.6 Å². The van der Waals surface area contributed by atoms with Crippen LogP contribution < -0.4 is 15.1 Å². The van der Waals surface area contributed by atoms with E-state index in [4.69, 9.17) is 4.74 Å². The number of anilines is 1. The van der Waals surface area contributed by atoms with Gasteiger partial charge in [0.05, 0.1) is 33.3 Å². The molecule has 0 saturated carbocycles. The molecule has 2 rings (SSSR count). The molecule has 1 aliphatic rings. The molecule has 2 N–H and O–H groups in total. The summed E-state index contributed by atoms with van der Waals surface area (Å²) in [5.74, 6) is -0.396. The van der Waals surface area contributed by atoms with Crippen molar-refractivity contribution in [2.24, 2.45) is 5.92 Å². The van der Waals surface area contributed by atoms with Crippen molar-refractivity contribution < 1.29 is 19.2 Å². The molecule has 1 aliphatic heterocycles. The van der Waals surface area contributed by atoms with Crippen LogP contribution in [-0.2, 0) is 14.3 Å². The van der Waals surface area contributed by atoms with E-state index in [-0.39, 0.29) is 17.8 Å². The largest absolute Gasteiger partial charge is 0.467 e. The number of hydrogen-bond acceptors (Lipinski definition) is 4. The maximum absolute atomic E-state index is 12.4. The van der Waals surface area contributed by atoms with E-state index in [1.54, 1.807) is 0 Å². The van der Waals surface area contributed by atoms with E-state index in [1.807, 2.05) is 32.0 Å². The second-order valence-electron chi connectivity index (χ2n) is 6.70.